The van der Waals surface area contributed by atoms with E-state index < -0.39 is 0 Å². The highest BCUT2D eigenvalue weighted by atomic mass is 16.3. The summed E-state index contributed by atoms with van der Waals surface area (Å²) in [7, 11) is 0. The van der Waals surface area contributed by atoms with Crippen molar-refractivity contribution in [1.29, 1.82) is 0 Å². The van der Waals surface area contributed by atoms with Crippen LogP contribution in [0.1, 0.15) is 24.8 Å². The monoisotopic (exact) mass is 166 g/mol. The third-order valence-electron chi connectivity index (χ3n) is 2.02. The van der Waals surface area contributed by atoms with Crippen LogP contribution < -0.4 is 0 Å². The predicted molar refractivity (Wildman–Crippen MR) is 48.2 cm³/mol. The zero-order valence-electron chi connectivity index (χ0n) is 7.20. The minimum absolute atomic E-state index is 0.210. The molecule has 0 bridgehead atoms. The zero-order valence-corrected chi connectivity index (χ0v) is 7.20. The van der Waals surface area contributed by atoms with Gasteiger partial charge in [0.15, 0.2) is 0 Å². The number of phenols is 1. The Morgan fingerprint density at radius 2 is 1.83 bits per heavy atom. The van der Waals surface area contributed by atoms with Gasteiger partial charge in [-0.1, -0.05) is 19.1 Å². The van der Waals surface area contributed by atoms with Crippen molar-refractivity contribution in [2.75, 3.05) is 6.61 Å². The predicted octanol–water partition coefficient (Wildman–Crippen LogP) is 1.88. The van der Waals surface area contributed by atoms with Crippen molar-refractivity contribution in [3.8, 4) is 5.75 Å². The van der Waals surface area contributed by atoms with Gasteiger partial charge < -0.3 is 10.2 Å². The maximum absolute atomic E-state index is 9.02. The molecule has 0 amide bonds. The number of benzene rings is 1. The highest BCUT2D eigenvalue weighted by Crippen LogP contribution is 2.20. The molecule has 1 aromatic rings. The normalized spacial score (nSPS) is 12.8. The van der Waals surface area contributed by atoms with Crippen molar-refractivity contribution < 1.29 is 10.2 Å². The van der Waals surface area contributed by atoms with Crippen molar-refractivity contribution in [3.63, 3.8) is 0 Å². The van der Waals surface area contributed by atoms with E-state index in [1.807, 2.05) is 12.1 Å². The van der Waals surface area contributed by atoms with Crippen LogP contribution in [0.4, 0.5) is 0 Å². The van der Waals surface area contributed by atoms with Crippen LogP contribution in [0.5, 0.6) is 5.75 Å². The van der Waals surface area contributed by atoms with E-state index in [1.165, 1.54) is 0 Å². The van der Waals surface area contributed by atoms with Gasteiger partial charge in [-0.15, -0.1) is 0 Å². The molecule has 0 spiro atoms. The molecule has 1 aromatic carbocycles. The van der Waals surface area contributed by atoms with E-state index >= 15 is 0 Å². The Morgan fingerprint density at radius 3 is 2.33 bits per heavy atom. The van der Waals surface area contributed by atoms with Gasteiger partial charge in [0, 0.05) is 6.61 Å². The largest absolute Gasteiger partial charge is 0.508 e. The molecule has 2 N–H and O–H groups in total. The summed E-state index contributed by atoms with van der Waals surface area (Å²) < 4.78 is 0. The van der Waals surface area contributed by atoms with Gasteiger partial charge in [-0.05, 0) is 30.0 Å². The minimum atomic E-state index is 0.210. The molecule has 1 unspecified atom stereocenters. The quantitative estimate of drug-likeness (QED) is 0.719. The van der Waals surface area contributed by atoms with Gasteiger partial charge in [-0.3, -0.25) is 0 Å². The van der Waals surface area contributed by atoms with Gasteiger partial charge in [0.25, 0.3) is 0 Å². The summed E-state index contributed by atoms with van der Waals surface area (Å²) in [6.07, 6.45) is 0.769. The van der Waals surface area contributed by atoms with E-state index in [2.05, 4.69) is 6.92 Å². The number of aromatic hydroxyl groups is 1. The molecule has 1 atom stereocenters. The molecule has 0 aliphatic heterocycles. The van der Waals surface area contributed by atoms with Crippen molar-refractivity contribution >= 4 is 0 Å². The lowest BCUT2D eigenvalue weighted by atomic mass is 9.98. The third-order valence-corrected chi connectivity index (χ3v) is 2.02. The Labute approximate surface area is 72.5 Å². The summed E-state index contributed by atoms with van der Waals surface area (Å²) in [5.74, 6) is 0.644. The van der Waals surface area contributed by atoms with E-state index in [9.17, 15) is 0 Å². The SMILES string of the molecule is CC(CCO)c1ccc(O)cc1. The van der Waals surface area contributed by atoms with Crippen LogP contribution in [0.25, 0.3) is 0 Å². The zero-order chi connectivity index (χ0) is 8.97. The van der Waals surface area contributed by atoms with Gasteiger partial charge in [-0.25, -0.2) is 0 Å². The summed E-state index contributed by atoms with van der Waals surface area (Å²) in [6.45, 7) is 2.27. The third kappa shape index (κ3) is 2.24. The molecule has 0 aliphatic rings. The Kier molecular flexibility index (Phi) is 3.11. The molecule has 12 heavy (non-hydrogen) atoms. The lowest BCUT2D eigenvalue weighted by molar-refractivity contribution is 0.278. The van der Waals surface area contributed by atoms with Crippen molar-refractivity contribution in [2.45, 2.75) is 19.3 Å². The summed E-state index contributed by atoms with van der Waals surface area (Å²) in [6, 6.07) is 7.11. The van der Waals surface area contributed by atoms with Crippen LogP contribution in [0, 0.1) is 0 Å². The highest BCUT2D eigenvalue weighted by Gasteiger charge is 2.03. The Morgan fingerprint density at radius 1 is 1.25 bits per heavy atom. The second-order valence-electron chi connectivity index (χ2n) is 3.00. The number of phenolic OH excluding ortho intramolecular Hbond substituents is 1. The maximum atomic E-state index is 9.02. The number of aliphatic hydroxyl groups excluding tert-OH is 1. The molecule has 0 fully saturated rings. The summed E-state index contributed by atoms with van der Waals surface area (Å²) in [4.78, 5) is 0. The fourth-order valence-corrected chi connectivity index (χ4v) is 1.16. The first-order valence-electron chi connectivity index (χ1n) is 4.14. The summed E-state index contributed by atoms with van der Waals surface area (Å²) >= 11 is 0. The van der Waals surface area contributed by atoms with Crippen LogP contribution in [-0.4, -0.2) is 16.8 Å². The van der Waals surface area contributed by atoms with E-state index in [1.54, 1.807) is 12.1 Å². The van der Waals surface area contributed by atoms with E-state index in [-0.39, 0.29) is 12.4 Å². The van der Waals surface area contributed by atoms with Crippen molar-refractivity contribution in [3.05, 3.63) is 29.8 Å². The molecule has 66 valence electrons. The Balaban J connectivity index is 2.68. The van der Waals surface area contributed by atoms with Gasteiger partial charge in [0.05, 0.1) is 0 Å². The second kappa shape index (κ2) is 4.12. The molecule has 0 radical (unpaired) electrons. The molecule has 0 aliphatic carbocycles. The molecule has 2 nitrogen and oxygen atoms in total. The average Bonchev–Trinajstić information content (AvgIpc) is 2.06. The Bertz CT molecular complexity index is 228. The first-order valence-corrected chi connectivity index (χ1v) is 4.14. The molecule has 0 aromatic heterocycles. The van der Waals surface area contributed by atoms with Crippen LogP contribution in [0.15, 0.2) is 24.3 Å². The van der Waals surface area contributed by atoms with Gasteiger partial charge in [-0.2, -0.15) is 0 Å². The average molecular weight is 166 g/mol. The van der Waals surface area contributed by atoms with E-state index in [0.717, 1.165) is 12.0 Å². The number of rotatable bonds is 3. The maximum Gasteiger partial charge on any atom is 0.115 e. The first-order chi connectivity index (χ1) is 5.74. The van der Waals surface area contributed by atoms with Gasteiger partial charge in [0.2, 0.25) is 0 Å². The number of hydrogen-bond acceptors (Lipinski definition) is 2. The van der Waals surface area contributed by atoms with Crippen molar-refractivity contribution in [2.24, 2.45) is 0 Å². The molecule has 0 saturated carbocycles. The van der Waals surface area contributed by atoms with Crippen molar-refractivity contribution in [1.82, 2.24) is 0 Å². The summed E-state index contributed by atoms with van der Waals surface area (Å²) in [5.41, 5.74) is 1.15. The summed E-state index contributed by atoms with van der Waals surface area (Å²) in [5, 5.41) is 17.7. The number of aliphatic hydroxyl groups is 1. The molecular formula is C10H14O2. The van der Waals surface area contributed by atoms with Gasteiger partial charge >= 0.3 is 0 Å². The van der Waals surface area contributed by atoms with E-state index in [4.69, 9.17) is 10.2 Å². The number of hydrogen-bond donors (Lipinski definition) is 2. The van der Waals surface area contributed by atoms with Crippen LogP contribution in [-0.2, 0) is 0 Å². The lowest BCUT2D eigenvalue weighted by Gasteiger charge is -2.09. The Hall–Kier alpha value is -1.02. The molecule has 1 rings (SSSR count). The highest BCUT2D eigenvalue weighted by molar-refractivity contribution is 5.27. The van der Waals surface area contributed by atoms with Crippen LogP contribution in [0.2, 0.25) is 0 Å². The first kappa shape index (κ1) is 9.07. The molecular weight excluding hydrogens is 152 g/mol. The minimum Gasteiger partial charge on any atom is -0.508 e. The lowest BCUT2D eigenvalue weighted by Crippen LogP contribution is -1.95. The molecule has 0 heterocycles. The topological polar surface area (TPSA) is 40.5 Å². The molecule has 2 heteroatoms. The standard InChI is InChI=1S/C10H14O2/c1-8(6-7-11)9-2-4-10(12)5-3-9/h2-5,8,11-12H,6-7H2,1H3. The van der Waals surface area contributed by atoms with Crippen LogP contribution in [0.3, 0.4) is 0 Å². The fourth-order valence-electron chi connectivity index (χ4n) is 1.16. The smallest absolute Gasteiger partial charge is 0.115 e. The molecule has 0 saturated heterocycles. The van der Waals surface area contributed by atoms with Gasteiger partial charge in [0.1, 0.15) is 5.75 Å². The second-order valence-corrected chi connectivity index (χ2v) is 3.00. The fraction of sp³-hybridized carbons (Fsp3) is 0.400. The van der Waals surface area contributed by atoms with Crippen LogP contribution >= 0.6 is 0 Å². The van der Waals surface area contributed by atoms with E-state index in [0.29, 0.717) is 5.92 Å².